The fourth-order valence-electron chi connectivity index (χ4n) is 2.65. The lowest BCUT2D eigenvalue weighted by Crippen LogP contribution is -2.52. The minimum absolute atomic E-state index is 0.0336. The molecule has 106 valence electrons. The van der Waals surface area contributed by atoms with Crippen LogP contribution in [-0.4, -0.2) is 53.3 Å². The molecule has 1 aromatic heterocycles. The number of ether oxygens (including phenoxy) is 1. The van der Waals surface area contributed by atoms with Gasteiger partial charge in [-0.25, -0.2) is 4.79 Å². The smallest absolute Gasteiger partial charge is 0.333 e. The number of aromatic amines is 1. The summed E-state index contributed by atoms with van der Waals surface area (Å²) in [5.41, 5.74) is 2.01. The molecule has 1 fully saturated rings. The number of benzene rings is 1. The molecular formula is C15H18N2O3. The first-order chi connectivity index (χ1) is 9.63. The quantitative estimate of drug-likeness (QED) is 0.867. The van der Waals surface area contributed by atoms with Crippen LogP contribution in [0.3, 0.4) is 0 Å². The van der Waals surface area contributed by atoms with Gasteiger partial charge in [0.25, 0.3) is 0 Å². The Morgan fingerprint density at radius 2 is 2.25 bits per heavy atom. The van der Waals surface area contributed by atoms with E-state index in [9.17, 15) is 9.90 Å². The van der Waals surface area contributed by atoms with Crippen molar-refractivity contribution in [2.24, 2.45) is 0 Å². The van der Waals surface area contributed by atoms with Gasteiger partial charge < -0.3 is 19.7 Å². The highest BCUT2D eigenvalue weighted by Crippen LogP contribution is 2.21. The number of likely N-dealkylation sites (tertiary alicyclic amines) is 1. The average molecular weight is 274 g/mol. The summed E-state index contributed by atoms with van der Waals surface area (Å²) in [7, 11) is 2.00. The van der Waals surface area contributed by atoms with Gasteiger partial charge in [0.15, 0.2) is 6.10 Å². The van der Waals surface area contributed by atoms with Crippen LogP contribution in [0.4, 0.5) is 0 Å². The van der Waals surface area contributed by atoms with E-state index in [0.717, 1.165) is 29.6 Å². The summed E-state index contributed by atoms with van der Waals surface area (Å²) in [6, 6.07) is 7.89. The minimum Gasteiger partial charge on any atom is -0.479 e. The van der Waals surface area contributed by atoms with Crippen LogP contribution >= 0.6 is 0 Å². The topological polar surface area (TPSA) is 65.6 Å². The van der Waals surface area contributed by atoms with E-state index < -0.39 is 12.1 Å². The molecule has 0 bridgehead atoms. The third-order valence-electron chi connectivity index (χ3n) is 3.74. The van der Waals surface area contributed by atoms with Gasteiger partial charge in [-0.1, -0.05) is 18.2 Å². The van der Waals surface area contributed by atoms with E-state index in [1.807, 2.05) is 37.5 Å². The predicted molar refractivity (Wildman–Crippen MR) is 75.8 cm³/mol. The maximum absolute atomic E-state index is 11.4. The van der Waals surface area contributed by atoms with Gasteiger partial charge in [-0.2, -0.15) is 0 Å². The van der Waals surface area contributed by atoms with Gasteiger partial charge in [0.05, 0.1) is 6.10 Å². The minimum atomic E-state index is -0.898. The van der Waals surface area contributed by atoms with Crippen LogP contribution in [0.15, 0.2) is 30.5 Å². The zero-order valence-corrected chi connectivity index (χ0v) is 11.4. The number of carboxylic acid groups (broad SMARTS) is 1. The second kappa shape index (κ2) is 5.26. The summed E-state index contributed by atoms with van der Waals surface area (Å²) in [4.78, 5) is 16.6. The first kappa shape index (κ1) is 13.1. The summed E-state index contributed by atoms with van der Waals surface area (Å²) < 4.78 is 5.69. The van der Waals surface area contributed by atoms with E-state index in [-0.39, 0.29) is 6.10 Å². The number of aromatic nitrogens is 1. The molecule has 3 rings (SSSR count). The fraction of sp³-hybridized carbons (Fsp3) is 0.400. The Balaban J connectivity index is 1.74. The number of hydrogen-bond acceptors (Lipinski definition) is 3. The number of hydrogen-bond donors (Lipinski definition) is 2. The van der Waals surface area contributed by atoms with E-state index in [1.165, 1.54) is 0 Å². The van der Waals surface area contributed by atoms with Crippen molar-refractivity contribution in [1.82, 2.24) is 9.88 Å². The van der Waals surface area contributed by atoms with Gasteiger partial charge >= 0.3 is 5.97 Å². The zero-order valence-electron chi connectivity index (χ0n) is 11.4. The first-order valence-corrected chi connectivity index (χ1v) is 6.75. The lowest BCUT2D eigenvalue weighted by molar-refractivity contribution is -0.160. The highest BCUT2D eigenvalue weighted by molar-refractivity contribution is 5.84. The third kappa shape index (κ3) is 2.55. The van der Waals surface area contributed by atoms with Crippen molar-refractivity contribution in [3.63, 3.8) is 0 Å². The third-order valence-corrected chi connectivity index (χ3v) is 3.74. The predicted octanol–water partition coefficient (Wildman–Crippen LogP) is 1.49. The van der Waals surface area contributed by atoms with Crippen molar-refractivity contribution >= 4 is 16.9 Å². The number of nitrogens with one attached hydrogen (secondary N) is 1. The molecule has 1 aromatic carbocycles. The van der Waals surface area contributed by atoms with Crippen LogP contribution in [0.5, 0.6) is 0 Å². The molecule has 1 aliphatic rings. The number of rotatable bonds is 5. The van der Waals surface area contributed by atoms with Crippen molar-refractivity contribution in [3.8, 4) is 0 Å². The second-order valence-electron chi connectivity index (χ2n) is 5.37. The maximum atomic E-state index is 11.4. The molecule has 0 spiro atoms. The summed E-state index contributed by atoms with van der Waals surface area (Å²) >= 11 is 0. The van der Waals surface area contributed by atoms with Gasteiger partial charge in [-0.15, -0.1) is 0 Å². The normalized spacial score (nSPS) is 18.1. The Labute approximate surface area is 117 Å². The standard InChI is InChI=1S/C15H18N2O3/c1-17-8-11(9-17)20-14(15(18)19)6-10-7-16-13-5-3-2-4-12(10)13/h2-5,7,11,14,16H,6,8-9H2,1H3,(H,18,19)/t14-/m0/s1. The SMILES string of the molecule is CN1CC(O[C@@H](Cc2c[nH]c3ccccc23)C(=O)O)C1. The molecule has 5 nitrogen and oxygen atoms in total. The van der Waals surface area contributed by atoms with E-state index in [0.29, 0.717) is 6.42 Å². The van der Waals surface area contributed by atoms with Crippen molar-refractivity contribution in [1.29, 1.82) is 0 Å². The van der Waals surface area contributed by atoms with Crippen molar-refractivity contribution in [3.05, 3.63) is 36.0 Å². The molecule has 0 unspecified atom stereocenters. The Morgan fingerprint density at radius 1 is 1.50 bits per heavy atom. The van der Waals surface area contributed by atoms with Gasteiger partial charge in [-0.3, -0.25) is 0 Å². The number of para-hydroxylation sites is 1. The molecule has 0 saturated carbocycles. The Bertz CT molecular complexity index is 616. The van der Waals surface area contributed by atoms with E-state index in [2.05, 4.69) is 9.88 Å². The van der Waals surface area contributed by atoms with Crippen LogP contribution in [0.2, 0.25) is 0 Å². The highest BCUT2D eigenvalue weighted by atomic mass is 16.5. The Morgan fingerprint density at radius 3 is 2.95 bits per heavy atom. The Hall–Kier alpha value is -1.85. The summed E-state index contributed by atoms with van der Waals surface area (Å²) in [6.45, 7) is 1.61. The van der Waals surface area contributed by atoms with Crippen LogP contribution in [0.25, 0.3) is 10.9 Å². The summed E-state index contributed by atoms with van der Waals surface area (Å²) in [6.07, 6.45) is 1.51. The molecule has 20 heavy (non-hydrogen) atoms. The molecule has 0 aliphatic carbocycles. The van der Waals surface area contributed by atoms with Crippen LogP contribution in [0, 0.1) is 0 Å². The molecule has 2 heterocycles. The van der Waals surface area contributed by atoms with Crippen molar-refractivity contribution in [2.75, 3.05) is 20.1 Å². The number of aliphatic carboxylic acids is 1. The lowest BCUT2D eigenvalue weighted by atomic mass is 10.1. The van der Waals surface area contributed by atoms with E-state index in [1.54, 1.807) is 0 Å². The molecule has 0 amide bonds. The van der Waals surface area contributed by atoms with Gasteiger partial charge in [0.1, 0.15) is 0 Å². The van der Waals surface area contributed by atoms with E-state index >= 15 is 0 Å². The maximum Gasteiger partial charge on any atom is 0.333 e. The number of fused-ring (bicyclic) bond motifs is 1. The van der Waals surface area contributed by atoms with Crippen LogP contribution in [0.1, 0.15) is 5.56 Å². The van der Waals surface area contributed by atoms with E-state index in [4.69, 9.17) is 4.74 Å². The molecule has 0 radical (unpaired) electrons. The lowest BCUT2D eigenvalue weighted by Gasteiger charge is -2.37. The second-order valence-corrected chi connectivity index (χ2v) is 5.37. The largest absolute Gasteiger partial charge is 0.479 e. The molecule has 1 saturated heterocycles. The van der Waals surface area contributed by atoms with Gasteiger partial charge in [0.2, 0.25) is 0 Å². The fourth-order valence-corrected chi connectivity index (χ4v) is 2.65. The first-order valence-electron chi connectivity index (χ1n) is 6.75. The highest BCUT2D eigenvalue weighted by Gasteiger charge is 2.30. The van der Waals surface area contributed by atoms with Gasteiger partial charge in [-0.05, 0) is 18.7 Å². The molecule has 2 aromatic rings. The molecule has 2 N–H and O–H groups in total. The summed E-state index contributed by atoms with van der Waals surface area (Å²) in [5.74, 6) is -0.898. The number of carboxylic acids is 1. The average Bonchev–Trinajstić information content (AvgIpc) is 2.79. The monoisotopic (exact) mass is 274 g/mol. The Kier molecular flexibility index (Phi) is 3.46. The molecule has 5 heteroatoms. The summed E-state index contributed by atoms with van der Waals surface area (Å²) in [5, 5.41) is 10.4. The number of H-pyrrole nitrogens is 1. The number of carbonyl (C=O) groups is 1. The number of nitrogens with zero attached hydrogens (tertiary/aromatic N) is 1. The van der Waals surface area contributed by atoms with Crippen LogP contribution in [-0.2, 0) is 16.0 Å². The number of likely N-dealkylation sites (N-methyl/N-ethyl adjacent to an activating group) is 1. The van der Waals surface area contributed by atoms with Crippen molar-refractivity contribution < 1.29 is 14.6 Å². The van der Waals surface area contributed by atoms with Crippen molar-refractivity contribution in [2.45, 2.75) is 18.6 Å². The molecule has 1 atom stereocenters. The zero-order chi connectivity index (χ0) is 14.1. The molecule has 1 aliphatic heterocycles. The van der Waals surface area contributed by atoms with Crippen LogP contribution < -0.4 is 0 Å². The van der Waals surface area contributed by atoms with Gasteiger partial charge in [0, 0.05) is 36.6 Å². The molecular weight excluding hydrogens is 256 g/mol.